The molecule has 0 aromatic heterocycles. The van der Waals surface area contributed by atoms with Crippen LogP contribution in [0.5, 0.6) is 0 Å². The highest BCUT2D eigenvalue weighted by Crippen LogP contribution is 2.11. The molecular formula is C15H33IN2S. The maximum atomic E-state index is 4.45. The Balaban J connectivity index is 0. The van der Waals surface area contributed by atoms with E-state index in [1.807, 2.05) is 11.8 Å². The molecule has 0 aliphatic rings. The summed E-state index contributed by atoms with van der Waals surface area (Å²) in [6.45, 7) is 8.35. The zero-order valence-electron chi connectivity index (χ0n) is 13.0. The third kappa shape index (κ3) is 16.5. The number of hydrogen-bond donors (Lipinski definition) is 1. The number of halogens is 1. The quantitative estimate of drug-likeness (QED) is 0.215. The van der Waals surface area contributed by atoms with Gasteiger partial charge < -0.3 is 5.32 Å². The molecule has 0 spiro atoms. The molecule has 0 aliphatic carbocycles. The standard InChI is InChI=1S/C15H32N2S.HI/c1-4-7-8-9-10-11-12-13-14-18-15(16-5-2)17-6-3;/h4-14H2,1-3H3,(H,16,17);1H. The predicted molar refractivity (Wildman–Crippen MR) is 102 cm³/mol. The van der Waals surface area contributed by atoms with Crippen molar-refractivity contribution < 1.29 is 0 Å². The SMILES string of the molecule is CCCCCCCCCCSC(=NCC)NCC.I. The van der Waals surface area contributed by atoms with Crippen molar-refractivity contribution in [1.29, 1.82) is 0 Å². The molecule has 0 unspecified atom stereocenters. The highest BCUT2D eigenvalue weighted by molar-refractivity contribution is 14.0. The van der Waals surface area contributed by atoms with Gasteiger partial charge in [-0.15, -0.1) is 24.0 Å². The van der Waals surface area contributed by atoms with E-state index in [1.165, 1.54) is 57.1 Å². The summed E-state index contributed by atoms with van der Waals surface area (Å²) in [6.07, 6.45) is 11.2. The molecule has 0 fully saturated rings. The van der Waals surface area contributed by atoms with Crippen LogP contribution in [-0.4, -0.2) is 24.0 Å². The van der Waals surface area contributed by atoms with Crippen LogP contribution in [-0.2, 0) is 0 Å². The summed E-state index contributed by atoms with van der Waals surface area (Å²) in [5, 5.41) is 4.45. The lowest BCUT2D eigenvalue weighted by atomic mass is 10.1. The van der Waals surface area contributed by atoms with Crippen LogP contribution in [0, 0.1) is 0 Å². The first kappa shape index (κ1) is 21.8. The second-order valence-corrected chi connectivity index (χ2v) is 5.72. The van der Waals surface area contributed by atoms with Gasteiger partial charge in [-0.1, -0.05) is 63.6 Å². The molecular weight excluding hydrogens is 367 g/mol. The number of unbranched alkanes of at least 4 members (excludes halogenated alkanes) is 7. The summed E-state index contributed by atoms with van der Waals surface area (Å²) in [6, 6.07) is 0. The van der Waals surface area contributed by atoms with Crippen molar-refractivity contribution in [2.45, 2.75) is 72.1 Å². The fourth-order valence-corrected chi connectivity index (χ4v) is 2.86. The van der Waals surface area contributed by atoms with Crippen LogP contribution in [0.15, 0.2) is 4.99 Å². The van der Waals surface area contributed by atoms with Gasteiger partial charge in [-0.05, 0) is 20.3 Å². The summed E-state index contributed by atoms with van der Waals surface area (Å²) >= 11 is 1.88. The highest BCUT2D eigenvalue weighted by atomic mass is 127. The molecule has 0 atom stereocenters. The van der Waals surface area contributed by atoms with E-state index >= 15 is 0 Å². The van der Waals surface area contributed by atoms with E-state index < -0.39 is 0 Å². The van der Waals surface area contributed by atoms with Gasteiger partial charge in [-0.3, -0.25) is 4.99 Å². The molecule has 1 N–H and O–H groups in total. The molecule has 0 amide bonds. The molecule has 0 heterocycles. The maximum Gasteiger partial charge on any atom is 0.156 e. The van der Waals surface area contributed by atoms with Gasteiger partial charge in [0.25, 0.3) is 0 Å². The number of nitrogens with zero attached hydrogens (tertiary/aromatic N) is 1. The van der Waals surface area contributed by atoms with E-state index in [-0.39, 0.29) is 24.0 Å². The topological polar surface area (TPSA) is 24.4 Å². The van der Waals surface area contributed by atoms with Crippen molar-refractivity contribution >= 4 is 40.9 Å². The Kier molecular flexibility index (Phi) is 21.3. The number of amidine groups is 1. The molecule has 0 rings (SSSR count). The van der Waals surface area contributed by atoms with E-state index in [1.54, 1.807) is 0 Å². The molecule has 2 nitrogen and oxygen atoms in total. The van der Waals surface area contributed by atoms with Crippen LogP contribution in [0.2, 0.25) is 0 Å². The van der Waals surface area contributed by atoms with E-state index in [0.717, 1.165) is 18.3 Å². The van der Waals surface area contributed by atoms with E-state index in [9.17, 15) is 0 Å². The molecule has 19 heavy (non-hydrogen) atoms. The third-order valence-corrected chi connectivity index (χ3v) is 3.91. The summed E-state index contributed by atoms with van der Waals surface area (Å²) in [4.78, 5) is 4.45. The van der Waals surface area contributed by atoms with E-state index in [2.05, 4.69) is 31.1 Å². The highest BCUT2D eigenvalue weighted by Gasteiger charge is 1.98. The van der Waals surface area contributed by atoms with E-state index in [4.69, 9.17) is 0 Å². The zero-order chi connectivity index (χ0) is 13.5. The summed E-state index contributed by atoms with van der Waals surface area (Å²) < 4.78 is 0. The van der Waals surface area contributed by atoms with Gasteiger partial charge in [0.15, 0.2) is 5.17 Å². The summed E-state index contributed by atoms with van der Waals surface area (Å²) in [7, 11) is 0. The van der Waals surface area contributed by atoms with Gasteiger partial charge in [-0.25, -0.2) is 0 Å². The Morgan fingerprint density at radius 2 is 1.47 bits per heavy atom. The average Bonchev–Trinajstić information content (AvgIpc) is 2.37. The lowest BCUT2D eigenvalue weighted by Gasteiger charge is -2.07. The minimum Gasteiger partial charge on any atom is -0.365 e. The van der Waals surface area contributed by atoms with Crippen LogP contribution in [0.1, 0.15) is 72.1 Å². The number of nitrogens with one attached hydrogen (secondary N) is 1. The molecule has 116 valence electrons. The Bertz CT molecular complexity index is 199. The number of rotatable bonds is 11. The van der Waals surface area contributed by atoms with Gasteiger partial charge in [-0.2, -0.15) is 0 Å². The number of aliphatic imine (C=N–C) groups is 1. The summed E-state index contributed by atoms with van der Waals surface area (Å²) in [5.41, 5.74) is 0. The normalized spacial score (nSPS) is 11.2. The van der Waals surface area contributed by atoms with Gasteiger partial charge in [0.2, 0.25) is 0 Å². The van der Waals surface area contributed by atoms with Crippen molar-refractivity contribution in [1.82, 2.24) is 5.32 Å². The smallest absolute Gasteiger partial charge is 0.156 e. The second kappa shape index (κ2) is 18.6. The van der Waals surface area contributed by atoms with Crippen LogP contribution in [0.3, 0.4) is 0 Å². The Morgan fingerprint density at radius 3 is 2.00 bits per heavy atom. The lowest BCUT2D eigenvalue weighted by Crippen LogP contribution is -2.20. The monoisotopic (exact) mass is 400 g/mol. The Morgan fingerprint density at radius 1 is 0.895 bits per heavy atom. The zero-order valence-corrected chi connectivity index (χ0v) is 16.2. The average molecular weight is 400 g/mol. The van der Waals surface area contributed by atoms with Crippen molar-refractivity contribution in [2.75, 3.05) is 18.8 Å². The minimum absolute atomic E-state index is 0. The number of hydrogen-bond acceptors (Lipinski definition) is 2. The van der Waals surface area contributed by atoms with Crippen LogP contribution in [0.4, 0.5) is 0 Å². The lowest BCUT2D eigenvalue weighted by molar-refractivity contribution is 0.586. The number of thioether (sulfide) groups is 1. The first-order valence-electron chi connectivity index (χ1n) is 7.76. The molecule has 0 bridgehead atoms. The largest absolute Gasteiger partial charge is 0.365 e. The second-order valence-electron chi connectivity index (χ2n) is 4.63. The van der Waals surface area contributed by atoms with Crippen molar-refractivity contribution in [2.24, 2.45) is 4.99 Å². The molecule has 0 saturated heterocycles. The van der Waals surface area contributed by atoms with Crippen LogP contribution in [0.25, 0.3) is 0 Å². The Hall–Kier alpha value is 0.550. The minimum atomic E-state index is 0. The van der Waals surface area contributed by atoms with Crippen molar-refractivity contribution in [3.05, 3.63) is 0 Å². The van der Waals surface area contributed by atoms with Crippen LogP contribution < -0.4 is 5.32 Å². The van der Waals surface area contributed by atoms with Gasteiger partial charge >= 0.3 is 0 Å². The molecule has 0 saturated carbocycles. The molecule has 4 heteroatoms. The van der Waals surface area contributed by atoms with Crippen LogP contribution >= 0.6 is 35.7 Å². The molecule has 0 aliphatic heterocycles. The fraction of sp³-hybridized carbons (Fsp3) is 0.933. The van der Waals surface area contributed by atoms with Crippen molar-refractivity contribution in [3.63, 3.8) is 0 Å². The first-order valence-corrected chi connectivity index (χ1v) is 8.74. The maximum absolute atomic E-state index is 4.45. The van der Waals surface area contributed by atoms with E-state index in [0.29, 0.717) is 0 Å². The first-order chi connectivity index (χ1) is 8.85. The molecule has 0 radical (unpaired) electrons. The van der Waals surface area contributed by atoms with Gasteiger partial charge in [0, 0.05) is 18.8 Å². The van der Waals surface area contributed by atoms with Crippen molar-refractivity contribution in [3.8, 4) is 0 Å². The Labute approximate surface area is 142 Å². The van der Waals surface area contributed by atoms with Gasteiger partial charge in [0.1, 0.15) is 0 Å². The molecule has 0 aromatic rings. The molecule has 0 aromatic carbocycles. The third-order valence-electron chi connectivity index (χ3n) is 2.87. The summed E-state index contributed by atoms with van der Waals surface area (Å²) in [5.74, 6) is 1.21. The fourth-order valence-electron chi connectivity index (χ4n) is 1.85. The predicted octanol–water partition coefficient (Wildman–Crippen LogP) is 5.46. The van der Waals surface area contributed by atoms with Gasteiger partial charge in [0.05, 0.1) is 0 Å².